The predicted octanol–water partition coefficient (Wildman–Crippen LogP) is 5.90. The van der Waals surface area contributed by atoms with Gasteiger partial charge in [-0.15, -0.1) is 0 Å². The van der Waals surface area contributed by atoms with Crippen LogP contribution in [0.1, 0.15) is 80.8 Å². The molecule has 0 aliphatic heterocycles. The van der Waals surface area contributed by atoms with Crippen molar-refractivity contribution in [1.29, 1.82) is 0 Å². The Morgan fingerprint density at radius 1 is 0.840 bits per heavy atom. The van der Waals surface area contributed by atoms with Gasteiger partial charge in [0.05, 0.1) is 0 Å². The Morgan fingerprint density at radius 3 is 2.08 bits per heavy atom. The summed E-state index contributed by atoms with van der Waals surface area (Å²) in [6.45, 7) is 4.50. The number of nitrogens with zero attached hydrogens (tertiary/aromatic N) is 2. The second-order valence-electron chi connectivity index (χ2n) is 7.61. The van der Waals surface area contributed by atoms with E-state index in [0.29, 0.717) is 5.92 Å². The van der Waals surface area contributed by atoms with Gasteiger partial charge in [0.25, 0.3) is 0 Å². The van der Waals surface area contributed by atoms with Gasteiger partial charge in [-0.1, -0.05) is 51.0 Å². The van der Waals surface area contributed by atoms with Crippen molar-refractivity contribution in [3.05, 3.63) is 59.2 Å². The molecule has 2 aromatic rings. The van der Waals surface area contributed by atoms with Crippen molar-refractivity contribution < 1.29 is 0 Å². The van der Waals surface area contributed by atoms with Crippen LogP contribution in [0.25, 0.3) is 0 Å². The van der Waals surface area contributed by atoms with Gasteiger partial charge in [-0.25, -0.2) is 9.97 Å². The maximum atomic E-state index is 4.65. The zero-order valence-electron chi connectivity index (χ0n) is 15.9. The van der Waals surface area contributed by atoms with Gasteiger partial charge in [0, 0.05) is 18.8 Å². The van der Waals surface area contributed by atoms with Crippen LogP contribution in [0.15, 0.2) is 36.7 Å². The SMILES string of the molecule is CCC[C@H]1CC[C@H](c2cnc(CCc3ccc(CC)cc3)nc2)CC1. The number of rotatable bonds is 7. The Bertz CT molecular complexity index is 622. The summed E-state index contributed by atoms with van der Waals surface area (Å²) >= 11 is 0. The second-order valence-corrected chi connectivity index (χ2v) is 7.61. The minimum Gasteiger partial charge on any atom is -0.241 e. The summed E-state index contributed by atoms with van der Waals surface area (Å²) in [6.07, 6.45) is 15.4. The molecule has 2 nitrogen and oxygen atoms in total. The summed E-state index contributed by atoms with van der Waals surface area (Å²) in [5.74, 6) is 2.62. The third-order valence-electron chi connectivity index (χ3n) is 5.81. The van der Waals surface area contributed by atoms with Gasteiger partial charge in [0.1, 0.15) is 5.82 Å². The summed E-state index contributed by atoms with van der Waals surface area (Å²) in [5.41, 5.74) is 4.13. The molecule has 0 radical (unpaired) electrons. The minimum atomic E-state index is 0.684. The first kappa shape index (κ1) is 18.1. The van der Waals surface area contributed by atoms with Gasteiger partial charge in [-0.2, -0.15) is 0 Å². The van der Waals surface area contributed by atoms with Gasteiger partial charge in [-0.3, -0.25) is 0 Å². The quantitative estimate of drug-likeness (QED) is 0.629. The molecule has 0 saturated heterocycles. The number of hydrogen-bond donors (Lipinski definition) is 0. The summed E-state index contributed by atoms with van der Waals surface area (Å²) < 4.78 is 0. The molecule has 25 heavy (non-hydrogen) atoms. The van der Waals surface area contributed by atoms with Crippen molar-refractivity contribution in [2.45, 2.75) is 77.6 Å². The molecule has 1 aliphatic carbocycles. The summed E-state index contributed by atoms with van der Waals surface area (Å²) in [6, 6.07) is 8.94. The number of benzene rings is 1. The van der Waals surface area contributed by atoms with E-state index in [4.69, 9.17) is 0 Å². The van der Waals surface area contributed by atoms with E-state index in [1.807, 2.05) is 0 Å². The minimum absolute atomic E-state index is 0.684. The third-order valence-corrected chi connectivity index (χ3v) is 5.81. The predicted molar refractivity (Wildman–Crippen MR) is 105 cm³/mol. The highest BCUT2D eigenvalue weighted by molar-refractivity contribution is 5.23. The average Bonchev–Trinajstić information content (AvgIpc) is 2.68. The van der Waals surface area contributed by atoms with Crippen LogP contribution in [-0.2, 0) is 19.3 Å². The van der Waals surface area contributed by atoms with E-state index < -0.39 is 0 Å². The smallest absolute Gasteiger partial charge is 0.128 e. The molecule has 0 amide bonds. The molecule has 134 valence electrons. The molecule has 0 bridgehead atoms. The van der Waals surface area contributed by atoms with E-state index >= 15 is 0 Å². The van der Waals surface area contributed by atoms with Crippen LogP contribution in [0.4, 0.5) is 0 Å². The summed E-state index contributed by atoms with van der Waals surface area (Å²) in [4.78, 5) is 9.29. The van der Waals surface area contributed by atoms with Crippen LogP contribution in [0.5, 0.6) is 0 Å². The van der Waals surface area contributed by atoms with Crippen LogP contribution in [0.2, 0.25) is 0 Å². The van der Waals surface area contributed by atoms with Gasteiger partial charge in [-0.05, 0) is 67.1 Å². The normalized spacial score (nSPS) is 20.6. The lowest BCUT2D eigenvalue weighted by Gasteiger charge is -2.28. The lowest BCUT2D eigenvalue weighted by Crippen LogP contribution is -2.14. The van der Waals surface area contributed by atoms with E-state index in [2.05, 4.69) is 60.5 Å². The van der Waals surface area contributed by atoms with E-state index in [9.17, 15) is 0 Å². The van der Waals surface area contributed by atoms with Gasteiger partial charge in [0.15, 0.2) is 0 Å². The fourth-order valence-corrected chi connectivity index (χ4v) is 4.10. The zero-order valence-corrected chi connectivity index (χ0v) is 15.9. The number of hydrogen-bond acceptors (Lipinski definition) is 2. The molecule has 0 atom stereocenters. The Kier molecular flexibility index (Phi) is 6.61. The Hall–Kier alpha value is -1.70. The molecule has 0 spiro atoms. The van der Waals surface area contributed by atoms with Crippen LogP contribution >= 0.6 is 0 Å². The van der Waals surface area contributed by atoms with E-state index in [1.165, 1.54) is 55.2 Å². The first-order valence-electron chi connectivity index (χ1n) is 10.2. The molecule has 0 unspecified atom stereocenters. The maximum Gasteiger partial charge on any atom is 0.128 e. The van der Waals surface area contributed by atoms with E-state index in [0.717, 1.165) is 31.0 Å². The Balaban J connectivity index is 1.50. The molecule has 1 aromatic carbocycles. The van der Waals surface area contributed by atoms with Gasteiger partial charge >= 0.3 is 0 Å². The molecule has 1 saturated carbocycles. The van der Waals surface area contributed by atoms with Crippen LogP contribution in [0, 0.1) is 5.92 Å². The summed E-state index contributed by atoms with van der Waals surface area (Å²) in [7, 11) is 0. The largest absolute Gasteiger partial charge is 0.241 e. The average molecular weight is 337 g/mol. The molecule has 3 rings (SSSR count). The first-order chi connectivity index (χ1) is 12.3. The van der Waals surface area contributed by atoms with Crippen LogP contribution in [0.3, 0.4) is 0 Å². The third kappa shape index (κ3) is 5.14. The monoisotopic (exact) mass is 336 g/mol. The molecule has 1 aromatic heterocycles. The fourth-order valence-electron chi connectivity index (χ4n) is 4.10. The van der Waals surface area contributed by atoms with Crippen molar-refractivity contribution >= 4 is 0 Å². The van der Waals surface area contributed by atoms with Crippen LogP contribution < -0.4 is 0 Å². The molecule has 1 aliphatic rings. The lowest BCUT2D eigenvalue weighted by atomic mass is 9.78. The summed E-state index contributed by atoms with van der Waals surface area (Å²) in [5, 5.41) is 0. The molecule has 1 heterocycles. The van der Waals surface area contributed by atoms with E-state index in [-0.39, 0.29) is 0 Å². The van der Waals surface area contributed by atoms with Crippen molar-refractivity contribution in [2.75, 3.05) is 0 Å². The maximum absolute atomic E-state index is 4.65. The van der Waals surface area contributed by atoms with E-state index in [1.54, 1.807) is 0 Å². The highest BCUT2D eigenvalue weighted by atomic mass is 14.9. The Morgan fingerprint density at radius 2 is 1.48 bits per heavy atom. The van der Waals surface area contributed by atoms with Crippen molar-refractivity contribution in [3.63, 3.8) is 0 Å². The second kappa shape index (κ2) is 9.12. The molecular formula is C23H32N2. The van der Waals surface area contributed by atoms with Gasteiger partial charge in [0.2, 0.25) is 0 Å². The standard InChI is InChI=1S/C23H32N2/c1-3-5-19-10-13-21(14-11-19)22-16-24-23(25-17-22)15-12-20-8-6-18(4-2)7-9-20/h6-9,16-17,19,21H,3-5,10-15H2,1-2H3/t19-,21-. The van der Waals surface area contributed by atoms with Crippen LogP contribution in [-0.4, -0.2) is 9.97 Å². The molecular weight excluding hydrogens is 304 g/mol. The topological polar surface area (TPSA) is 25.8 Å². The molecule has 2 heteroatoms. The fraction of sp³-hybridized carbons (Fsp3) is 0.565. The Labute approximate surface area is 153 Å². The first-order valence-corrected chi connectivity index (χ1v) is 10.2. The van der Waals surface area contributed by atoms with Crippen molar-refractivity contribution in [1.82, 2.24) is 9.97 Å². The molecule has 1 fully saturated rings. The van der Waals surface area contributed by atoms with Crippen molar-refractivity contribution in [2.24, 2.45) is 5.92 Å². The molecule has 0 N–H and O–H groups in total. The van der Waals surface area contributed by atoms with Crippen molar-refractivity contribution in [3.8, 4) is 0 Å². The van der Waals surface area contributed by atoms with Gasteiger partial charge < -0.3 is 0 Å². The lowest BCUT2D eigenvalue weighted by molar-refractivity contribution is 0.307. The highest BCUT2D eigenvalue weighted by Crippen LogP contribution is 2.36. The zero-order chi connectivity index (χ0) is 17.5. The number of aromatic nitrogens is 2. The number of aryl methyl sites for hydroxylation is 3. The highest BCUT2D eigenvalue weighted by Gasteiger charge is 2.22.